The lowest BCUT2D eigenvalue weighted by atomic mass is 10.1. The van der Waals surface area contributed by atoms with Gasteiger partial charge in [-0.15, -0.1) is 0 Å². The molecule has 0 aliphatic rings. The van der Waals surface area contributed by atoms with E-state index < -0.39 is 11.6 Å². The number of nitrogens with zero attached hydrogens (tertiary/aromatic N) is 2. The Morgan fingerprint density at radius 1 is 1.32 bits per heavy atom. The first-order valence-electron chi connectivity index (χ1n) is 6.23. The van der Waals surface area contributed by atoms with Gasteiger partial charge in [0.1, 0.15) is 11.6 Å². The van der Waals surface area contributed by atoms with E-state index in [9.17, 15) is 8.78 Å². The van der Waals surface area contributed by atoms with Crippen LogP contribution in [0.3, 0.4) is 0 Å². The molecular formula is C14H17F2N3. The highest BCUT2D eigenvalue weighted by Crippen LogP contribution is 2.18. The van der Waals surface area contributed by atoms with Gasteiger partial charge in [-0.05, 0) is 19.9 Å². The Hall–Kier alpha value is -1.75. The number of halogens is 2. The molecule has 0 saturated carbocycles. The topological polar surface area (TPSA) is 29.9 Å². The third-order valence-corrected chi connectivity index (χ3v) is 3.01. The van der Waals surface area contributed by atoms with Crippen molar-refractivity contribution < 1.29 is 8.78 Å². The second kappa shape index (κ2) is 5.93. The summed E-state index contributed by atoms with van der Waals surface area (Å²) in [7, 11) is 0. The molecule has 5 heteroatoms. The first-order chi connectivity index (χ1) is 9.06. The maximum atomic E-state index is 13.6. The van der Waals surface area contributed by atoms with Crippen LogP contribution in [0.2, 0.25) is 0 Å². The van der Waals surface area contributed by atoms with E-state index in [0.29, 0.717) is 5.56 Å². The van der Waals surface area contributed by atoms with E-state index in [-0.39, 0.29) is 12.1 Å². The summed E-state index contributed by atoms with van der Waals surface area (Å²) < 4.78 is 28.4. The van der Waals surface area contributed by atoms with Gasteiger partial charge in [0.15, 0.2) is 0 Å². The van der Waals surface area contributed by atoms with Gasteiger partial charge in [-0.1, -0.05) is 6.07 Å². The summed E-state index contributed by atoms with van der Waals surface area (Å²) in [5.74, 6) is -1.07. The molecule has 1 heterocycles. The van der Waals surface area contributed by atoms with Gasteiger partial charge in [0, 0.05) is 42.7 Å². The molecule has 2 rings (SSSR count). The number of benzene rings is 1. The van der Waals surface area contributed by atoms with E-state index in [1.54, 1.807) is 12.5 Å². The minimum atomic E-state index is -0.556. The van der Waals surface area contributed by atoms with Gasteiger partial charge >= 0.3 is 0 Å². The predicted molar refractivity (Wildman–Crippen MR) is 69.6 cm³/mol. The highest BCUT2D eigenvalue weighted by Gasteiger charge is 2.14. The molecule has 0 aliphatic carbocycles. The summed E-state index contributed by atoms with van der Waals surface area (Å²) in [5.41, 5.74) is 0.471. The number of aromatic nitrogens is 2. The monoisotopic (exact) mass is 265 g/mol. The fourth-order valence-electron chi connectivity index (χ4n) is 2.13. The van der Waals surface area contributed by atoms with Crippen LogP contribution in [0.15, 0.2) is 36.9 Å². The van der Waals surface area contributed by atoms with Gasteiger partial charge in [-0.2, -0.15) is 0 Å². The smallest absolute Gasteiger partial charge is 0.130 e. The molecule has 0 amide bonds. The number of imidazole rings is 1. The summed E-state index contributed by atoms with van der Waals surface area (Å²) in [4.78, 5) is 3.97. The van der Waals surface area contributed by atoms with E-state index in [1.807, 2.05) is 24.6 Å². The molecule has 102 valence electrons. The van der Waals surface area contributed by atoms with Gasteiger partial charge in [-0.3, -0.25) is 0 Å². The van der Waals surface area contributed by atoms with E-state index >= 15 is 0 Å². The Labute approximate surface area is 111 Å². The van der Waals surface area contributed by atoms with Crippen LogP contribution in [-0.2, 0) is 6.54 Å². The number of hydrogen-bond acceptors (Lipinski definition) is 2. The highest BCUT2D eigenvalue weighted by atomic mass is 19.1. The third kappa shape index (κ3) is 3.61. The maximum Gasteiger partial charge on any atom is 0.130 e. The molecule has 3 nitrogen and oxygen atoms in total. The number of hydrogen-bond donors (Lipinski definition) is 1. The molecule has 1 N–H and O–H groups in total. The first kappa shape index (κ1) is 13.7. The molecular weight excluding hydrogens is 248 g/mol. The molecule has 19 heavy (non-hydrogen) atoms. The zero-order valence-electron chi connectivity index (χ0n) is 11.0. The summed E-state index contributed by atoms with van der Waals surface area (Å²) in [6.07, 6.45) is 5.33. The Morgan fingerprint density at radius 3 is 2.74 bits per heavy atom. The summed E-state index contributed by atoms with van der Waals surface area (Å²) in [6.45, 7) is 4.62. The minimum absolute atomic E-state index is 0.147. The van der Waals surface area contributed by atoms with Crippen LogP contribution in [0, 0.1) is 11.6 Å². The third-order valence-electron chi connectivity index (χ3n) is 3.01. The van der Waals surface area contributed by atoms with Crippen LogP contribution in [0.4, 0.5) is 8.78 Å². The van der Waals surface area contributed by atoms with Gasteiger partial charge in [0.05, 0.1) is 6.33 Å². The molecule has 0 spiro atoms. The maximum absolute atomic E-state index is 13.6. The summed E-state index contributed by atoms with van der Waals surface area (Å²) in [6, 6.07) is 3.63. The van der Waals surface area contributed by atoms with Crippen LogP contribution in [0.1, 0.15) is 25.5 Å². The normalized spacial score (nSPS) is 14.3. The van der Waals surface area contributed by atoms with Crippen LogP contribution in [0.5, 0.6) is 0 Å². The predicted octanol–water partition coefficient (Wildman–Crippen LogP) is 2.90. The Balaban J connectivity index is 1.98. The van der Waals surface area contributed by atoms with Gasteiger partial charge in [0.2, 0.25) is 0 Å². The average Bonchev–Trinajstić information content (AvgIpc) is 2.81. The van der Waals surface area contributed by atoms with Crippen molar-refractivity contribution >= 4 is 0 Å². The molecule has 2 unspecified atom stereocenters. The molecule has 0 radical (unpaired) electrons. The lowest BCUT2D eigenvalue weighted by molar-refractivity contribution is 0.420. The molecule has 1 aromatic heterocycles. The van der Waals surface area contributed by atoms with Gasteiger partial charge in [0.25, 0.3) is 0 Å². The van der Waals surface area contributed by atoms with Gasteiger partial charge in [-0.25, -0.2) is 13.8 Å². The van der Waals surface area contributed by atoms with Crippen molar-refractivity contribution in [2.45, 2.75) is 32.5 Å². The van der Waals surface area contributed by atoms with E-state index in [2.05, 4.69) is 10.3 Å². The number of rotatable bonds is 5. The number of nitrogens with one attached hydrogen (secondary N) is 1. The fraction of sp³-hybridized carbons (Fsp3) is 0.357. The van der Waals surface area contributed by atoms with Crippen molar-refractivity contribution in [3.05, 3.63) is 54.1 Å². The van der Waals surface area contributed by atoms with Crippen molar-refractivity contribution in [2.75, 3.05) is 0 Å². The van der Waals surface area contributed by atoms with Crippen LogP contribution in [0.25, 0.3) is 0 Å². The molecule has 0 aliphatic heterocycles. The molecule has 1 aromatic carbocycles. The van der Waals surface area contributed by atoms with Crippen molar-refractivity contribution in [3.8, 4) is 0 Å². The van der Waals surface area contributed by atoms with Crippen molar-refractivity contribution in [2.24, 2.45) is 0 Å². The molecule has 2 aromatic rings. The lowest BCUT2D eigenvalue weighted by Crippen LogP contribution is -2.32. The second-order valence-corrected chi connectivity index (χ2v) is 4.71. The first-order valence-corrected chi connectivity index (χ1v) is 6.23. The lowest BCUT2D eigenvalue weighted by Gasteiger charge is -2.21. The Bertz CT molecular complexity index is 525. The quantitative estimate of drug-likeness (QED) is 0.901. The fourth-order valence-corrected chi connectivity index (χ4v) is 2.13. The molecule has 2 atom stereocenters. The van der Waals surface area contributed by atoms with Crippen molar-refractivity contribution in [3.63, 3.8) is 0 Å². The van der Waals surface area contributed by atoms with E-state index in [0.717, 1.165) is 12.6 Å². The Kier molecular flexibility index (Phi) is 4.27. The largest absolute Gasteiger partial charge is 0.336 e. The van der Waals surface area contributed by atoms with Crippen LogP contribution in [-0.4, -0.2) is 15.6 Å². The van der Waals surface area contributed by atoms with Crippen molar-refractivity contribution in [1.82, 2.24) is 14.9 Å². The van der Waals surface area contributed by atoms with Crippen LogP contribution < -0.4 is 5.32 Å². The minimum Gasteiger partial charge on any atom is -0.336 e. The zero-order valence-corrected chi connectivity index (χ0v) is 11.0. The van der Waals surface area contributed by atoms with Crippen LogP contribution >= 0.6 is 0 Å². The molecule has 0 fully saturated rings. The zero-order chi connectivity index (χ0) is 13.8. The summed E-state index contributed by atoms with van der Waals surface area (Å²) >= 11 is 0. The average molecular weight is 265 g/mol. The second-order valence-electron chi connectivity index (χ2n) is 4.71. The van der Waals surface area contributed by atoms with Gasteiger partial charge < -0.3 is 9.88 Å². The standard InChI is InChI=1S/C14H17F2N3/c1-10(8-19-6-5-17-9-19)18-11(2)13-4-3-12(15)7-14(13)16/h3-7,9-11,18H,8H2,1-2H3. The van der Waals surface area contributed by atoms with Crippen molar-refractivity contribution in [1.29, 1.82) is 0 Å². The molecule has 0 bridgehead atoms. The van der Waals surface area contributed by atoms with E-state index in [4.69, 9.17) is 0 Å². The Morgan fingerprint density at radius 2 is 2.11 bits per heavy atom. The van der Waals surface area contributed by atoms with E-state index in [1.165, 1.54) is 12.1 Å². The summed E-state index contributed by atoms with van der Waals surface area (Å²) in [5, 5.41) is 3.28. The SMILES string of the molecule is CC(Cn1ccnc1)NC(C)c1ccc(F)cc1F. The highest BCUT2D eigenvalue weighted by molar-refractivity contribution is 5.21. The molecule has 0 saturated heterocycles.